The van der Waals surface area contributed by atoms with Crippen molar-refractivity contribution in [1.29, 1.82) is 0 Å². The normalized spacial score (nSPS) is 16.0. The van der Waals surface area contributed by atoms with E-state index in [0.717, 1.165) is 0 Å². The van der Waals surface area contributed by atoms with Gasteiger partial charge in [-0.05, 0) is 25.1 Å². The third-order valence-corrected chi connectivity index (χ3v) is 4.64. The zero-order valence-corrected chi connectivity index (χ0v) is 15.0. The molecule has 0 saturated carbocycles. The van der Waals surface area contributed by atoms with Gasteiger partial charge in [0.05, 0.1) is 5.57 Å². The standard InChI is InChI=1S/C19H15ClFN5O/c1-10-15(17(22)27)16(13-7-2-3-8-14(13)21)26-19(23-10)24-18(25-26)11-5-4-6-12(20)9-11/h2-9,16H,1H3,(H2,22,27)(H,23,24,25)/t16-/m1/s1. The van der Waals surface area contributed by atoms with E-state index in [-0.39, 0.29) is 11.1 Å². The first-order chi connectivity index (χ1) is 13.0. The van der Waals surface area contributed by atoms with Crippen molar-refractivity contribution < 1.29 is 9.18 Å². The lowest BCUT2D eigenvalue weighted by atomic mass is 9.95. The minimum absolute atomic E-state index is 0.232. The van der Waals surface area contributed by atoms with Gasteiger partial charge in [0, 0.05) is 21.8 Å². The number of nitrogens with two attached hydrogens (primary N) is 1. The molecule has 0 fully saturated rings. The van der Waals surface area contributed by atoms with Gasteiger partial charge in [-0.3, -0.25) is 4.79 Å². The number of primary amides is 1. The van der Waals surface area contributed by atoms with Crippen molar-refractivity contribution in [3.05, 3.63) is 76.2 Å². The number of carbonyl (C=O) groups excluding carboxylic acids is 1. The van der Waals surface area contributed by atoms with E-state index in [1.165, 1.54) is 10.7 Å². The number of hydrogen-bond acceptors (Lipinski definition) is 4. The highest BCUT2D eigenvalue weighted by Gasteiger charge is 2.34. The molecule has 6 nitrogen and oxygen atoms in total. The van der Waals surface area contributed by atoms with E-state index in [1.807, 2.05) is 6.07 Å². The summed E-state index contributed by atoms with van der Waals surface area (Å²) in [4.78, 5) is 16.6. The Balaban J connectivity index is 1.92. The Kier molecular flexibility index (Phi) is 4.16. The van der Waals surface area contributed by atoms with E-state index in [4.69, 9.17) is 17.3 Å². The third kappa shape index (κ3) is 2.96. The lowest BCUT2D eigenvalue weighted by molar-refractivity contribution is -0.115. The summed E-state index contributed by atoms with van der Waals surface area (Å²) >= 11 is 6.06. The summed E-state index contributed by atoms with van der Waals surface area (Å²) in [6, 6.07) is 12.5. The minimum Gasteiger partial charge on any atom is -0.366 e. The molecule has 4 rings (SSSR count). The highest BCUT2D eigenvalue weighted by Crippen LogP contribution is 2.37. The fraction of sp³-hybridized carbons (Fsp3) is 0.105. The molecule has 0 radical (unpaired) electrons. The number of nitrogens with one attached hydrogen (secondary N) is 1. The molecule has 1 aliphatic heterocycles. The van der Waals surface area contributed by atoms with E-state index in [9.17, 15) is 9.18 Å². The van der Waals surface area contributed by atoms with Crippen molar-refractivity contribution in [2.24, 2.45) is 5.73 Å². The first kappa shape index (κ1) is 17.2. The number of nitrogens with zero attached hydrogens (tertiary/aromatic N) is 3. The Bertz CT molecular complexity index is 1090. The SMILES string of the molecule is CC1=C(C(N)=O)[C@@H](c2ccccc2F)n2nc(-c3cccc(Cl)c3)nc2N1. The van der Waals surface area contributed by atoms with Crippen LogP contribution in [-0.2, 0) is 4.79 Å². The van der Waals surface area contributed by atoms with Crippen LogP contribution in [0.15, 0.2) is 59.8 Å². The van der Waals surface area contributed by atoms with Crippen molar-refractivity contribution in [3.63, 3.8) is 0 Å². The molecule has 0 unspecified atom stereocenters. The number of carbonyl (C=O) groups is 1. The maximum absolute atomic E-state index is 14.5. The van der Waals surface area contributed by atoms with Crippen LogP contribution in [0.25, 0.3) is 11.4 Å². The quantitative estimate of drug-likeness (QED) is 0.724. The fourth-order valence-corrected chi connectivity index (χ4v) is 3.39. The lowest BCUT2D eigenvalue weighted by Gasteiger charge is -2.27. The molecule has 0 aliphatic carbocycles. The van der Waals surface area contributed by atoms with Gasteiger partial charge in [-0.25, -0.2) is 9.07 Å². The van der Waals surface area contributed by atoms with Crippen LogP contribution in [0.5, 0.6) is 0 Å². The summed E-state index contributed by atoms with van der Waals surface area (Å²) < 4.78 is 16.0. The number of allylic oxidation sites excluding steroid dienone is 1. The molecule has 0 spiro atoms. The van der Waals surface area contributed by atoms with Gasteiger partial charge in [0.15, 0.2) is 5.82 Å². The van der Waals surface area contributed by atoms with E-state index >= 15 is 0 Å². The Morgan fingerprint density at radius 2 is 2.04 bits per heavy atom. The number of hydrogen-bond donors (Lipinski definition) is 2. The number of aromatic nitrogens is 3. The van der Waals surface area contributed by atoms with Crippen LogP contribution < -0.4 is 11.1 Å². The Labute approximate surface area is 159 Å². The van der Waals surface area contributed by atoms with E-state index < -0.39 is 17.8 Å². The van der Waals surface area contributed by atoms with Crippen molar-refractivity contribution >= 4 is 23.5 Å². The van der Waals surface area contributed by atoms with Gasteiger partial charge in [-0.1, -0.05) is 41.9 Å². The third-order valence-electron chi connectivity index (χ3n) is 4.40. The van der Waals surface area contributed by atoms with Crippen LogP contribution in [0.1, 0.15) is 18.5 Å². The molecule has 1 aliphatic rings. The summed E-state index contributed by atoms with van der Waals surface area (Å²) in [5.41, 5.74) is 7.32. The van der Waals surface area contributed by atoms with Gasteiger partial charge in [0.2, 0.25) is 11.9 Å². The highest BCUT2D eigenvalue weighted by atomic mass is 35.5. The molecule has 136 valence electrons. The lowest BCUT2D eigenvalue weighted by Crippen LogP contribution is -2.32. The molecule has 2 aromatic carbocycles. The molecule has 1 amide bonds. The molecule has 27 heavy (non-hydrogen) atoms. The second-order valence-electron chi connectivity index (χ2n) is 6.17. The fourth-order valence-electron chi connectivity index (χ4n) is 3.20. The van der Waals surface area contributed by atoms with Crippen LogP contribution >= 0.6 is 11.6 Å². The van der Waals surface area contributed by atoms with E-state index in [1.54, 1.807) is 43.3 Å². The number of benzene rings is 2. The molecule has 2 heterocycles. The molecule has 1 atom stereocenters. The van der Waals surface area contributed by atoms with Crippen LogP contribution in [0.2, 0.25) is 5.02 Å². The monoisotopic (exact) mass is 383 g/mol. The Morgan fingerprint density at radius 1 is 1.26 bits per heavy atom. The number of amides is 1. The van der Waals surface area contributed by atoms with Crippen LogP contribution in [0.3, 0.4) is 0 Å². The summed E-state index contributed by atoms with van der Waals surface area (Å²) in [6.07, 6.45) is 0. The van der Waals surface area contributed by atoms with Gasteiger partial charge in [0.1, 0.15) is 11.9 Å². The summed E-state index contributed by atoms with van der Waals surface area (Å²) in [7, 11) is 0. The van der Waals surface area contributed by atoms with Crippen molar-refractivity contribution in [3.8, 4) is 11.4 Å². The highest BCUT2D eigenvalue weighted by molar-refractivity contribution is 6.30. The molecule has 0 bridgehead atoms. The molecule has 3 aromatic rings. The first-order valence-corrected chi connectivity index (χ1v) is 8.58. The van der Waals surface area contributed by atoms with Gasteiger partial charge in [-0.2, -0.15) is 4.98 Å². The van der Waals surface area contributed by atoms with Crippen molar-refractivity contribution in [2.45, 2.75) is 13.0 Å². The molecular formula is C19H15ClFN5O. The second-order valence-corrected chi connectivity index (χ2v) is 6.60. The van der Waals surface area contributed by atoms with Crippen LogP contribution in [0.4, 0.5) is 10.3 Å². The number of anilines is 1. The number of fused-ring (bicyclic) bond motifs is 1. The molecule has 3 N–H and O–H groups in total. The average molecular weight is 384 g/mol. The zero-order valence-electron chi connectivity index (χ0n) is 14.3. The predicted molar refractivity (Wildman–Crippen MR) is 101 cm³/mol. The molecular weight excluding hydrogens is 369 g/mol. The van der Waals surface area contributed by atoms with Crippen molar-refractivity contribution in [1.82, 2.24) is 14.8 Å². The molecule has 8 heteroatoms. The van der Waals surface area contributed by atoms with Crippen LogP contribution in [0, 0.1) is 5.82 Å². The zero-order chi connectivity index (χ0) is 19.1. The largest absolute Gasteiger partial charge is 0.366 e. The molecule has 0 saturated heterocycles. The Hall–Kier alpha value is -3.19. The van der Waals surface area contributed by atoms with Gasteiger partial charge >= 0.3 is 0 Å². The summed E-state index contributed by atoms with van der Waals surface area (Å²) in [5.74, 6) is -0.319. The average Bonchev–Trinajstić information content (AvgIpc) is 3.04. The predicted octanol–water partition coefficient (Wildman–Crippen LogP) is 3.51. The Morgan fingerprint density at radius 3 is 2.74 bits per heavy atom. The summed E-state index contributed by atoms with van der Waals surface area (Å²) in [6.45, 7) is 1.70. The van der Waals surface area contributed by atoms with Crippen LogP contribution in [-0.4, -0.2) is 20.7 Å². The van der Waals surface area contributed by atoms with Gasteiger partial charge in [0.25, 0.3) is 0 Å². The summed E-state index contributed by atoms with van der Waals surface area (Å²) in [5, 5.41) is 8.08. The second kappa shape index (κ2) is 6.51. The maximum Gasteiger partial charge on any atom is 0.248 e. The maximum atomic E-state index is 14.5. The molecule has 1 aromatic heterocycles. The van der Waals surface area contributed by atoms with E-state index in [2.05, 4.69) is 15.4 Å². The topological polar surface area (TPSA) is 85.8 Å². The number of rotatable bonds is 3. The van der Waals surface area contributed by atoms with Gasteiger partial charge < -0.3 is 11.1 Å². The van der Waals surface area contributed by atoms with Crippen molar-refractivity contribution in [2.75, 3.05) is 5.32 Å². The first-order valence-electron chi connectivity index (χ1n) is 8.20. The minimum atomic E-state index is -0.819. The number of halogens is 2. The smallest absolute Gasteiger partial charge is 0.248 e. The van der Waals surface area contributed by atoms with E-state index in [0.29, 0.717) is 28.1 Å². The van der Waals surface area contributed by atoms with Gasteiger partial charge in [-0.15, -0.1) is 5.10 Å².